The molecule has 0 aromatic heterocycles. The molecular weight excluding hydrogens is 447 g/mol. The van der Waals surface area contributed by atoms with Gasteiger partial charge in [0.25, 0.3) is 5.69 Å². The largest absolute Gasteiger partial charge is 0.492 e. The molecule has 0 aliphatic rings. The summed E-state index contributed by atoms with van der Waals surface area (Å²) in [6.07, 6.45) is 0. The van der Waals surface area contributed by atoms with E-state index >= 15 is 0 Å². The fourth-order valence-corrected chi connectivity index (χ4v) is 2.21. The quantitative estimate of drug-likeness (QED) is 0.162. The van der Waals surface area contributed by atoms with Crippen LogP contribution < -0.4 is 15.4 Å². The number of nitro benzene ring substituents is 1. The third-order valence-corrected chi connectivity index (χ3v) is 3.54. The van der Waals surface area contributed by atoms with Crippen LogP contribution in [0, 0.1) is 17.0 Å². The summed E-state index contributed by atoms with van der Waals surface area (Å²) < 4.78 is 5.63. The van der Waals surface area contributed by atoms with Gasteiger partial charge in [-0.2, -0.15) is 0 Å². The van der Waals surface area contributed by atoms with E-state index in [2.05, 4.69) is 15.6 Å². The minimum absolute atomic E-state index is 0. The van der Waals surface area contributed by atoms with Crippen LogP contribution in [-0.4, -0.2) is 31.1 Å². The minimum atomic E-state index is -0.386. The number of hydrogen-bond donors (Lipinski definition) is 2. The molecule has 0 radical (unpaired) electrons. The number of halogens is 1. The minimum Gasteiger partial charge on any atom is -0.492 e. The van der Waals surface area contributed by atoms with E-state index < -0.39 is 0 Å². The van der Waals surface area contributed by atoms with Crippen LogP contribution in [0.4, 0.5) is 5.69 Å². The summed E-state index contributed by atoms with van der Waals surface area (Å²) in [4.78, 5) is 14.7. The maximum Gasteiger partial charge on any atom is 0.274 e. The first-order valence-corrected chi connectivity index (χ1v) is 7.96. The van der Waals surface area contributed by atoms with Gasteiger partial charge in [0.15, 0.2) is 5.96 Å². The van der Waals surface area contributed by atoms with Gasteiger partial charge in [0.1, 0.15) is 12.4 Å². The molecule has 0 atom stereocenters. The Morgan fingerprint density at radius 1 is 1.15 bits per heavy atom. The Hall–Kier alpha value is -2.36. The number of para-hydroxylation sites is 1. The third-order valence-electron chi connectivity index (χ3n) is 3.54. The van der Waals surface area contributed by atoms with Crippen LogP contribution in [0.3, 0.4) is 0 Å². The number of aryl methyl sites for hydroxylation is 1. The van der Waals surface area contributed by atoms with Gasteiger partial charge in [-0.1, -0.05) is 35.9 Å². The lowest BCUT2D eigenvalue weighted by atomic mass is 10.2. The number of nitro groups is 1. The zero-order valence-electron chi connectivity index (χ0n) is 14.8. The van der Waals surface area contributed by atoms with Gasteiger partial charge in [-0.25, -0.2) is 0 Å². The fraction of sp³-hybridized carbons (Fsp3) is 0.278. The number of nitrogens with one attached hydrogen (secondary N) is 2. The Bertz CT molecular complexity index is 735. The maximum atomic E-state index is 11.0. The van der Waals surface area contributed by atoms with E-state index in [1.54, 1.807) is 25.2 Å². The van der Waals surface area contributed by atoms with E-state index in [-0.39, 0.29) is 34.6 Å². The van der Waals surface area contributed by atoms with Gasteiger partial charge in [-0.15, -0.1) is 24.0 Å². The maximum absolute atomic E-state index is 11.0. The lowest BCUT2D eigenvalue weighted by Crippen LogP contribution is -2.39. The lowest BCUT2D eigenvalue weighted by Gasteiger charge is -2.12. The van der Waals surface area contributed by atoms with E-state index in [0.29, 0.717) is 31.2 Å². The van der Waals surface area contributed by atoms with E-state index in [0.717, 1.165) is 5.75 Å². The highest BCUT2D eigenvalue weighted by Crippen LogP contribution is 2.17. The van der Waals surface area contributed by atoms with Crippen LogP contribution in [0.2, 0.25) is 0 Å². The SMILES string of the molecule is CN=C(NCCOc1ccc(C)cc1)NCc1ccccc1[N+](=O)[O-].I. The van der Waals surface area contributed by atoms with E-state index in [4.69, 9.17) is 4.74 Å². The Morgan fingerprint density at radius 3 is 2.50 bits per heavy atom. The predicted molar refractivity (Wildman–Crippen MR) is 113 cm³/mol. The van der Waals surface area contributed by atoms with Crippen molar-refractivity contribution in [1.82, 2.24) is 10.6 Å². The van der Waals surface area contributed by atoms with Crippen molar-refractivity contribution in [2.75, 3.05) is 20.2 Å². The molecule has 0 heterocycles. The molecule has 0 bridgehead atoms. The highest BCUT2D eigenvalue weighted by molar-refractivity contribution is 14.0. The third kappa shape index (κ3) is 6.87. The molecule has 0 aliphatic heterocycles. The number of aliphatic imine (C=N–C) groups is 1. The second-order valence-corrected chi connectivity index (χ2v) is 5.40. The van der Waals surface area contributed by atoms with Gasteiger partial charge in [0.2, 0.25) is 0 Å². The predicted octanol–water partition coefficient (Wildman–Crippen LogP) is 3.27. The highest BCUT2D eigenvalue weighted by Gasteiger charge is 2.12. The van der Waals surface area contributed by atoms with E-state index in [1.807, 2.05) is 31.2 Å². The first kappa shape index (κ1) is 21.7. The van der Waals surface area contributed by atoms with Crippen molar-refractivity contribution in [3.05, 3.63) is 69.8 Å². The van der Waals surface area contributed by atoms with Gasteiger partial charge < -0.3 is 15.4 Å². The molecule has 0 fully saturated rings. The Labute approximate surface area is 170 Å². The van der Waals surface area contributed by atoms with Crippen molar-refractivity contribution in [1.29, 1.82) is 0 Å². The highest BCUT2D eigenvalue weighted by atomic mass is 127. The van der Waals surface area contributed by atoms with Gasteiger partial charge in [-0.3, -0.25) is 15.1 Å². The summed E-state index contributed by atoms with van der Waals surface area (Å²) in [7, 11) is 1.65. The van der Waals surface area contributed by atoms with Crippen molar-refractivity contribution in [3.63, 3.8) is 0 Å². The molecule has 7 nitrogen and oxygen atoms in total. The van der Waals surface area contributed by atoms with Gasteiger partial charge in [-0.05, 0) is 19.1 Å². The molecule has 0 aliphatic carbocycles. The van der Waals surface area contributed by atoms with E-state index in [9.17, 15) is 10.1 Å². The molecule has 2 N–H and O–H groups in total. The number of rotatable bonds is 7. The molecule has 8 heteroatoms. The molecule has 0 amide bonds. The number of hydrogen-bond acceptors (Lipinski definition) is 4. The summed E-state index contributed by atoms with van der Waals surface area (Å²) in [5.41, 5.74) is 1.88. The molecule has 26 heavy (non-hydrogen) atoms. The standard InChI is InChI=1S/C18H22N4O3.HI/c1-14-7-9-16(10-8-14)25-12-11-20-18(19-2)21-13-15-5-3-4-6-17(15)22(23)24;/h3-10H,11-13H2,1-2H3,(H2,19,20,21);1H. The zero-order chi connectivity index (χ0) is 18.1. The normalized spacial score (nSPS) is 10.6. The summed E-state index contributed by atoms with van der Waals surface area (Å²) in [5, 5.41) is 17.2. The number of nitrogens with zero attached hydrogens (tertiary/aromatic N) is 2. The summed E-state index contributed by atoms with van der Waals surface area (Å²) >= 11 is 0. The number of ether oxygens (including phenoxy) is 1. The smallest absolute Gasteiger partial charge is 0.274 e. The van der Waals surface area contributed by atoms with E-state index in [1.165, 1.54) is 11.6 Å². The monoisotopic (exact) mass is 470 g/mol. The van der Waals surface area contributed by atoms with Gasteiger partial charge in [0.05, 0.1) is 11.5 Å². The Balaban J connectivity index is 0.00000338. The second kappa shape index (κ2) is 11.3. The Morgan fingerprint density at radius 2 is 1.85 bits per heavy atom. The van der Waals surface area contributed by atoms with Crippen molar-refractivity contribution in [2.24, 2.45) is 4.99 Å². The van der Waals surface area contributed by atoms with Crippen LogP contribution >= 0.6 is 24.0 Å². The molecular formula is C18H23IN4O3. The van der Waals surface area contributed by atoms with Crippen molar-refractivity contribution in [2.45, 2.75) is 13.5 Å². The summed E-state index contributed by atoms with van der Waals surface area (Å²) in [6, 6.07) is 14.5. The van der Waals surface area contributed by atoms with Gasteiger partial charge in [0, 0.05) is 25.2 Å². The van der Waals surface area contributed by atoms with Crippen LogP contribution in [-0.2, 0) is 6.54 Å². The molecule has 0 unspecified atom stereocenters. The molecule has 2 aromatic carbocycles. The molecule has 0 spiro atoms. The Kier molecular flexibility index (Phi) is 9.42. The molecule has 0 saturated carbocycles. The topological polar surface area (TPSA) is 88.8 Å². The first-order valence-electron chi connectivity index (χ1n) is 7.96. The molecule has 0 saturated heterocycles. The van der Waals surface area contributed by atoms with Crippen molar-refractivity contribution >= 4 is 35.6 Å². The van der Waals surface area contributed by atoms with Crippen LogP contribution in [0.15, 0.2) is 53.5 Å². The molecule has 2 aromatic rings. The summed E-state index contributed by atoms with van der Waals surface area (Å²) in [6.45, 7) is 3.38. The molecule has 140 valence electrons. The first-order chi connectivity index (χ1) is 12.1. The number of guanidine groups is 1. The van der Waals surface area contributed by atoms with Crippen molar-refractivity contribution in [3.8, 4) is 5.75 Å². The average molecular weight is 470 g/mol. The van der Waals surface area contributed by atoms with Crippen molar-refractivity contribution < 1.29 is 9.66 Å². The fourth-order valence-electron chi connectivity index (χ4n) is 2.21. The summed E-state index contributed by atoms with van der Waals surface area (Å²) in [5.74, 6) is 1.38. The lowest BCUT2D eigenvalue weighted by molar-refractivity contribution is -0.385. The molecule has 2 rings (SSSR count). The second-order valence-electron chi connectivity index (χ2n) is 5.40. The van der Waals surface area contributed by atoms with Crippen LogP contribution in [0.25, 0.3) is 0 Å². The van der Waals surface area contributed by atoms with Crippen LogP contribution in [0.1, 0.15) is 11.1 Å². The average Bonchev–Trinajstić information content (AvgIpc) is 2.62. The van der Waals surface area contributed by atoms with Crippen LogP contribution in [0.5, 0.6) is 5.75 Å². The van der Waals surface area contributed by atoms with Gasteiger partial charge >= 0.3 is 0 Å². The number of benzene rings is 2. The zero-order valence-corrected chi connectivity index (χ0v) is 17.1.